The van der Waals surface area contributed by atoms with E-state index in [0.29, 0.717) is 5.82 Å². The number of ether oxygens (including phenoxy) is 1. The number of methoxy groups -OCH3 is 1. The maximum atomic E-state index is 5.70. The lowest BCUT2D eigenvalue weighted by Gasteiger charge is -1.97. The lowest BCUT2D eigenvalue weighted by atomic mass is 10.3. The van der Waals surface area contributed by atoms with E-state index in [1.807, 2.05) is 24.6 Å². The lowest BCUT2D eigenvalue weighted by molar-refractivity contribution is 0.418. The molecule has 5 heteroatoms. The van der Waals surface area contributed by atoms with Crippen molar-refractivity contribution in [2.45, 2.75) is 0 Å². The molecule has 2 aromatic rings. The Kier molecular flexibility index (Phi) is 2.17. The van der Waals surface area contributed by atoms with Gasteiger partial charge in [0, 0.05) is 13.1 Å². The first-order chi connectivity index (χ1) is 6.72. The van der Waals surface area contributed by atoms with E-state index in [1.165, 1.54) is 0 Å². The summed E-state index contributed by atoms with van der Waals surface area (Å²) in [6, 6.07) is 3.76. The maximum absolute atomic E-state index is 5.70. The molecule has 0 atom stereocenters. The van der Waals surface area contributed by atoms with Crippen LogP contribution in [-0.2, 0) is 7.05 Å². The Bertz CT molecular complexity index is 427. The summed E-state index contributed by atoms with van der Waals surface area (Å²) in [4.78, 5) is 1.01. The third-order valence-electron chi connectivity index (χ3n) is 2.00. The van der Waals surface area contributed by atoms with Crippen molar-refractivity contribution in [1.29, 1.82) is 0 Å². The predicted molar refractivity (Wildman–Crippen MR) is 57.5 cm³/mol. The van der Waals surface area contributed by atoms with E-state index in [1.54, 1.807) is 23.1 Å². The molecule has 0 aromatic carbocycles. The van der Waals surface area contributed by atoms with Crippen LogP contribution in [0.2, 0.25) is 0 Å². The van der Waals surface area contributed by atoms with Crippen molar-refractivity contribution in [3.63, 3.8) is 0 Å². The van der Waals surface area contributed by atoms with Gasteiger partial charge in [0.15, 0.2) is 0 Å². The second kappa shape index (κ2) is 3.34. The van der Waals surface area contributed by atoms with E-state index in [4.69, 9.17) is 10.5 Å². The molecule has 0 bridgehead atoms. The Balaban J connectivity index is 2.49. The molecular weight excluding hydrogens is 198 g/mol. The highest BCUT2D eigenvalue weighted by atomic mass is 32.1. The van der Waals surface area contributed by atoms with Gasteiger partial charge in [-0.2, -0.15) is 5.10 Å². The van der Waals surface area contributed by atoms with Gasteiger partial charge in [0.2, 0.25) is 0 Å². The monoisotopic (exact) mass is 209 g/mol. The summed E-state index contributed by atoms with van der Waals surface area (Å²) >= 11 is 1.59. The Hall–Kier alpha value is -1.49. The largest absolute Gasteiger partial charge is 0.495 e. The fraction of sp³-hybridized carbons (Fsp3) is 0.222. The standard InChI is InChI=1S/C9H11N3OS/c1-12-8(10)5-6(11-12)9-7(13-2)3-4-14-9/h3-5H,10H2,1-2H3. The molecule has 0 aliphatic rings. The second-order valence-corrected chi connectivity index (χ2v) is 3.81. The van der Waals surface area contributed by atoms with Gasteiger partial charge in [0.25, 0.3) is 0 Å². The summed E-state index contributed by atoms with van der Waals surface area (Å²) in [6.07, 6.45) is 0. The van der Waals surface area contributed by atoms with Crippen molar-refractivity contribution in [2.24, 2.45) is 7.05 Å². The third kappa shape index (κ3) is 1.35. The van der Waals surface area contributed by atoms with E-state index in [9.17, 15) is 0 Å². The summed E-state index contributed by atoms with van der Waals surface area (Å²) in [7, 11) is 3.47. The van der Waals surface area contributed by atoms with E-state index < -0.39 is 0 Å². The maximum Gasteiger partial charge on any atom is 0.139 e. The summed E-state index contributed by atoms with van der Waals surface area (Å²) in [5, 5.41) is 6.25. The molecule has 0 fully saturated rings. The molecule has 0 radical (unpaired) electrons. The molecule has 0 saturated carbocycles. The smallest absolute Gasteiger partial charge is 0.139 e. The van der Waals surface area contributed by atoms with Crippen LogP contribution in [0, 0.1) is 0 Å². The SMILES string of the molecule is COc1ccsc1-c1cc(N)n(C)n1. The highest BCUT2D eigenvalue weighted by molar-refractivity contribution is 7.14. The quantitative estimate of drug-likeness (QED) is 0.819. The summed E-state index contributed by atoms with van der Waals surface area (Å²) < 4.78 is 6.86. The van der Waals surface area contributed by atoms with Gasteiger partial charge in [-0.15, -0.1) is 11.3 Å². The zero-order valence-corrected chi connectivity index (χ0v) is 8.84. The molecule has 4 nitrogen and oxygen atoms in total. The van der Waals surface area contributed by atoms with Crippen LogP contribution in [0.5, 0.6) is 5.75 Å². The van der Waals surface area contributed by atoms with Crippen LogP contribution in [-0.4, -0.2) is 16.9 Å². The molecule has 2 rings (SSSR count). The molecule has 0 amide bonds. The van der Waals surface area contributed by atoms with Crippen LogP contribution in [0.15, 0.2) is 17.5 Å². The molecule has 0 unspecified atom stereocenters. The number of nitrogens with two attached hydrogens (primary N) is 1. The Labute approximate surface area is 85.9 Å². The van der Waals surface area contributed by atoms with Crippen molar-refractivity contribution in [3.8, 4) is 16.3 Å². The van der Waals surface area contributed by atoms with E-state index >= 15 is 0 Å². The molecule has 2 heterocycles. The van der Waals surface area contributed by atoms with Gasteiger partial charge in [-0.3, -0.25) is 4.68 Å². The summed E-state index contributed by atoms with van der Waals surface area (Å²) in [6.45, 7) is 0. The summed E-state index contributed by atoms with van der Waals surface area (Å²) in [5.41, 5.74) is 6.56. The van der Waals surface area contributed by atoms with Crippen LogP contribution >= 0.6 is 11.3 Å². The van der Waals surface area contributed by atoms with E-state index in [-0.39, 0.29) is 0 Å². The number of aryl methyl sites for hydroxylation is 1. The Morgan fingerprint density at radius 1 is 1.57 bits per heavy atom. The van der Waals surface area contributed by atoms with Crippen LogP contribution in [0.3, 0.4) is 0 Å². The van der Waals surface area contributed by atoms with Gasteiger partial charge in [-0.25, -0.2) is 0 Å². The minimum absolute atomic E-state index is 0.649. The second-order valence-electron chi connectivity index (χ2n) is 2.90. The van der Waals surface area contributed by atoms with Gasteiger partial charge in [-0.05, 0) is 11.4 Å². The normalized spacial score (nSPS) is 10.4. The predicted octanol–water partition coefficient (Wildman–Crippen LogP) is 1.74. The molecule has 0 saturated heterocycles. The van der Waals surface area contributed by atoms with Gasteiger partial charge >= 0.3 is 0 Å². The van der Waals surface area contributed by atoms with Gasteiger partial charge in [0.05, 0.1) is 12.0 Å². The van der Waals surface area contributed by atoms with Crippen LogP contribution < -0.4 is 10.5 Å². The Morgan fingerprint density at radius 3 is 2.93 bits per heavy atom. The van der Waals surface area contributed by atoms with Crippen molar-refractivity contribution >= 4 is 17.2 Å². The minimum atomic E-state index is 0.649. The Morgan fingerprint density at radius 2 is 2.36 bits per heavy atom. The highest BCUT2D eigenvalue weighted by Gasteiger charge is 2.11. The number of aromatic nitrogens is 2. The van der Waals surface area contributed by atoms with Crippen LogP contribution in [0.1, 0.15) is 0 Å². The lowest BCUT2D eigenvalue weighted by Crippen LogP contribution is -1.96. The first-order valence-corrected chi connectivity index (χ1v) is 5.01. The molecular formula is C9H11N3OS. The van der Waals surface area contributed by atoms with Gasteiger partial charge in [-0.1, -0.05) is 0 Å². The molecule has 74 valence electrons. The fourth-order valence-electron chi connectivity index (χ4n) is 1.24. The highest BCUT2D eigenvalue weighted by Crippen LogP contribution is 2.34. The van der Waals surface area contributed by atoms with Crippen LogP contribution in [0.4, 0.5) is 5.82 Å². The molecule has 14 heavy (non-hydrogen) atoms. The van der Waals surface area contributed by atoms with Crippen molar-refractivity contribution in [2.75, 3.05) is 12.8 Å². The zero-order valence-electron chi connectivity index (χ0n) is 8.02. The van der Waals surface area contributed by atoms with Crippen molar-refractivity contribution in [1.82, 2.24) is 9.78 Å². The number of anilines is 1. The molecule has 0 aliphatic heterocycles. The molecule has 2 aromatic heterocycles. The number of thiophene rings is 1. The number of nitrogens with zero attached hydrogens (tertiary/aromatic N) is 2. The first kappa shape index (κ1) is 9.08. The van der Waals surface area contributed by atoms with Gasteiger partial charge < -0.3 is 10.5 Å². The average Bonchev–Trinajstić information content (AvgIpc) is 2.73. The van der Waals surface area contributed by atoms with Crippen molar-refractivity contribution < 1.29 is 4.74 Å². The van der Waals surface area contributed by atoms with E-state index in [2.05, 4.69) is 5.10 Å². The number of rotatable bonds is 2. The molecule has 0 spiro atoms. The van der Waals surface area contributed by atoms with E-state index in [0.717, 1.165) is 16.3 Å². The van der Waals surface area contributed by atoms with Crippen molar-refractivity contribution in [3.05, 3.63) is 17.5 Å². The third-order valence-corrected chi connectivity index (χ3v) is 2.92. The van der Waals surface area contributed by atoms with Gasteiger partial charge in [0.1, 0.15) is 17.3 Å². The zero-order chi connectivity index (χ0) is 10.1. The topological polar surface area (TPSA) is 53.1 Å². The average molecular weight is 209 g/mol. The summed E-state index contributed by atoms with van der Waals surface area (Å²) in [5.74, 6) is 1.49. The fourth-order valence-corrected chi connectivity index (χ4v) is 2.05. The first-order valence-electron chi connectivity index (χ1n) is 4.13. The number of hydrogen-bond donors (Lipinski definition) is 1. The molecule has 0 aliphatic carbocycles. The number of hydrogen-bond acceptors (Lipinski definition) is 4. The van der Waals surface area contributed by atoms with Crippen LogP contribution in [0.25, 0.3) is 10.6 Å². The minimum Gasteiger partial charge on any atom is -0.495 e. The number of nitrogen functional groups attached to an aromatic ring is 1. The molecule has 2 N–H and O–H groups in total.